The molecular weight excluding hydrogens is 232 g/mol. The van der Waals surface area contributed by atoms with Crippen molar-refractivity contribution in [2.75, 3.05) is 6.61 Å². The molecule has 2 heterocycles. The molecule has 0 radical (unpaired) electrons. The zero-order chi connectivity index (χ0) is 12.3. The molecule has 1 aromatic rings. The molecule has 1 aromatic heterocycles. The van der Waals surface area contributed by atoms with Gasteiger partial charge < -0.3 is 10.1 Å². The van der Waals surface area contributed by atoms with E-state index < -0.39 is 0 Å². The van der Waals surface area contributed by atoms with Gasteiger partial charge in [-0.2, -0.15) is 0 Å². The first-order valence-electron chi connectivity index (χ1n) is 6.40. The van der Waals surface area contributed by atoms with Crippen LogP contribution in [0.2, 0.25) is 0 Å². The smallest absolute Gasteiger partial charge is 0.107 e. The predicted octanol–water partition coefficient (Wildman–Crippen LogP) is 2.89. The minimum atomic E-state index is 0.0642. The van der Waals surface area contributed by atoms with Gasteiger partial charge in [0.2, 0.25) is 0 Å². The molecule has 1 aliphatic rings. The lowest BCUT2D eigenvalue weighted by atomic mass is 9.90. The van der Waals surface area contributed by atoms with Gasteiger partial charge in [0.15, 0.2) is 0 Å². The summed E-state index contributed by atoms with van der Waals surface area (Å²) >= 11 is 1.78. The van der Waals surface area contributed by atoms with Gasteiger partial charge in [0.25, 0.3) is 0 Å². The van der Waals surface area contributed by atoms with Crippen LogP contribution in [0, 0.1) is 6.92 Å². The minimum absolute atomic E-state index is 0.0642. The van der Waals surface area contributed by atoms with E-state index in [1.807, 2.05) is 6.20 Å². The summed E-state index contributed by atoms with van der Waals surface area (Å²) in [6.45, 7) is 8.28. The van der Waals surface area contributed by atoms with E-state index in [0.717, 1.165) is 32.4 Å². The largest absolute Gasteiger partial charge is 0.375 e. The summed E-state index contributed by atoms with van der Waals surface area (Å²) in [4.78, 5) is 5.67. The zero-order valence-corrected chi connectivity index (χ0v) is 11.8. The molecular formula is C13H22N2OS. The molecule has 0 spiro atoms. The number of nitrogens with one attached hydrogen (secondary N) is 1. The molecule has 1 aliphatic heterocycles. The Labute approximate surface area is 108 Å². The average molecular weight is 254 g/mol. The number of hydrogen-bond acceptors (Lipinski definition) is 4. The van der Waals surface area contributed by atoms with Crippen molar-refractivity contribution < 1.29 is 4.74 Å². The topological polar surface area (TPSA) is 34.2 Å². The lowest BCUT2D eigenvalue weighted by Crippen LogP contribution is -2.44. The van der Waals surface area contributed by atoms with Crippen molar-refractivity contribution in [2.24, 2.45) is 0 Å². The predicted molar refractivity (Wildman–Crippen MR) is 71.4 cm³/mol. The van der Waals surface area contributed by atoms with Gasteiger partial charge in [-0.3, -0.25) is 0 Å². The highest BCUT2D eigenvalue weighted by molar-refractivity contribution is 7.11. The number of ether oxygens (including phenoxy) is 1. The van der Waals surface area contributed by atoms with E-state index in [-0.39, 0.29) is 5.60 Å². The third kappa shape index (κ3) is 3.50. The van der Waals surface area contributed by atoms with Crippen LogP contribution in [0.15, 0.2) is 6.20 Å². The zero-order valence-electron chi connectivity index (χ0n) is 11.0. The Bertz CT molecular complexity index is 366. The molecule has 3 nitrogen and oxygen atoms in total. The number of thiazole rings is 1. The molecule has 0 bridgehead atoms. The van der Waals surface area contributed by atoms with E-state index in [9.17, 15) is 0 Å². The number of aryl methyl sites for hydroxylation is 1. The molecule has 4 heteroatoms. The summed E-state index contributed by atoms with van der Waals surface area (Å²) in [7, 11) is 0. The second-order valence-corrected chi connectivity index (χ2v) is 6.41. The second-order valence-electron chi connectivity index (χ2n) is 5.09. The number of aromatic nitrogens is 1. The van der Waals surface area contributed by atoms with Crippen molar-refractivity contribution in [3.63, 3.8) is 0 Å². The quantitative estimate of drug-likeness (QED) is 0.897. The highest BCUT2D eigenvalue weighted by Crippen LogP contribution is 2.27. The summed E-state index contributed by atoms with van der Waals surface area (Å²) in [5, 5.41) is 4.80. The van der Waals surface area contributed by atoms with E-state index in [0.29, 0.717) is 6.04 Å². The van der Waals surface area contributed by atoms with Crippen molar-refractivity contribution in [1.82, 2.24) is 10.3 Å². The minimum Gasteiger partial charge on any atom is -0.375 e. The van der Waals surface area contributed by atoms with Gasteiger partial charge in [-0.25, -0.2) is 4.98 Å². The van der Waals surface area contributed by atoms with E-state index in [1.165, 1.54) is 9.88 Å². The van der Waals surface area contributed by atoms with Gasteiger partial charge in [0.1, 0.15) is 5.01 Å². The van der Waals surface area contributed by atoms with Gasteiger partial charge in [-0.1, -0.05) is 6.92 Å². The summed E-state index contributed by atoms with van der Waals surface area (Å²) in [6, 6.07) is 0.568. The molecule has 1 N–H and O–H groups in total. The Morgan fingerprint density at radius 1 is 1.65 bits per heavy atom. The Kier molecular flexibility index (Phi) is 4.17. The van der Waals surface area contributed by atoms with E-state index in [4.69, 9.17) is 4.74 Å². The molecule has 96 valence electrons. The Morgan fingerprint density at radius 3 is 3.12 bits per heavy atom. The Balaban J connectivity index is 1.83. The maximum atomic E-state index is 5.85. The highest BCUT2D eigenvalue weighted by Gasteiger charge is 2.31. The van der Waals surface area contributed by atoms with Crippen LogP contribution in [0.3, 0.4) is 0 Å². The average Bonchev–Trinajstić information content (AvgIpc) is 2.73. The highest BCUT2D eigenvalue weighted by atomic mass is 32.1. The fourth-order valence-corrected chi connectivity index (χ4v) is 3.00. The van der Waals surface area contributed by atoms with Crippen LogP contribution in [0.1, 0.15) is 43.0 Å². The summed E-state index contributed by atoms with van der Waals surface area (Å²) in [5.41, 5.74) is 0.0642. The third-order valence-electron chi connectivity index (χ3n) is 3.55. The van der Waals surface area contributed by atoms with Crippen LogP contribution in [0.5, 0.6) is 0 Å². The first-order chi connectivity index (χ1) is 8.11. The molecule has 2 unspecified atom stereocenters. The molecule has 1 fully saturated rings. The molecule has 17 heavy (non-hydrogen) atoms. The molecule has 0 amide bonds. The third-order valence-corrected chi connectivity index (χ3v) is 4.47. The van der Waals surface area contributed by atoms with Crippen LogP contribution in [0.4, 0.5) is 0 Å². The number of hydrogen-bond donors (Lipinski definition) is 1. The summed E-state index contributed by atoms with van der Waals surface area (Å²) in [5.74, 6) is 0. The van der Waals surface area contributed by atoms with Crippen molar-refractivity contribution >= 4 is 11.3 Å². The van der Waals surface area contributed by atoms with Crippen molar-refractivity contribution in [2.45, 2.75) is 58.2 Å². The maximum absolute atomic E-state index is 5.85. The lowest BCUT2D eigenvalue weighted by Gasteiger charge is -2.38. The Hall–Kier alpha value is -0.450. The molecule has 1 saturated heterocycles. The van der Waals surface area contributed by atoms with Crippen molar-refractivity contribution in [3.05, 3.63) is 16.1 Å². The van der Waals surface area contributed by atoms with Crippen LogP contribution >= 0.6 is 11.3 Å². The molecule has 0 aromatic carbocycles. The van der Waals surface area contributed by atoms with E-state index in [2.05, 4.69) is 31.1 Å². The summed E-state index contributed by atoms with van der Waals surface area (Å²) in [6.07, 6.45) is 5.25. The standard InChI is InChI=1S/C13H22N2OS/c1-4-13(3)7-11(5-6-16-13)14-9-12-15-8-10(2)17-12/h8,11,14H,4-7,9H2,1-3H3. The van der Waals surface area contributed by atoms with Gasteiger partial charge >= 0.3 is 0 Å². The molecule has 2 atom stereocenters. The monoisotopic (exact) mass is 254 g/mol. The Morgan fingerprint density at radius 2 is 2.47 bits per heavy atom. The molecule has 0 saturated carbocycles. The molecule has 2 rings (SSSR count). The number of nitrogens with zero attached hydrogens (tertiary/aromatic N) is 1. The second kappa shape index (κ2) is 5.46. The van der Waals surface area contributed by atoms with Gasteiger partial charge in [-0.05, 0) is 33.1 Å². The molecule has 0 aliphatic carbocycles. The first kappa shape index (κ1) is 13.0. The number of rotatable bonds is 4. The van der Waals surface area contributed by atoms with Crippen molar-refractivity contribution in [3.8, 4) is 0 Å². The fraction of sp³-hybridized carbons (Fsp3) is 0.769. The van der Waals surface area contributed by atoms with Crippen LogP contribution in [-0.2, 0) is 11.3 Å². The fourth-order valence-electron chi connectivity index (χ4n) is 2.27. The normalized spacial score (nSPS) is 29.5. The van der Waals surface area contributed by atoms with Crippen LogP contribution < -0.4 is 5.32 Å². The van der Waals surface area contributed by atoms with Gasteiger partial charge in [0, 0.05) is 30.3 Å². The first-order valence-corrected chi connectivity index (χ1v) is 7.21. The van der Waals surface area contributed by atoms with Gasteiger partial charge in [-0.15, -0.1) is 11.3 Å². The van der Waals surface area contributed by atoms with Crippen LogP contribution in [0.25, 0.3) is 0 Å². The van der Waals surface area contributed by atoms with E-state index >= 15 is 0 Å². The maximum Gasteiger partial charge on any atom is 0.107 e. The summed E-state index contributed by atoms with van der Waals surface area (Å²) < 4.78 is 5.85. The van der Waals surface area contributed by atoms with Crippen LogP contribution in [-0.4, -0.2) is 23.2 Å². The van der Waals surface area contributed by atoms with Crippen molar-refractivity contribution in [1.29, 1.82) is 0 Å². The van der Waals surface area contributed by atoms with E-state index in [1.54, 1.807) is 11.3 Å². The SMILES string of the molecule is CCC1(C)CC(NCc2ncc(C)s2)CCO1. The van der Waals surface area contributed by atoms with Gasteiger partial charge in [0.05, 0.1) is 5.60 Å². The lowest BCUT2D eigenvalue weighted by molar-refractivity contribution is -0.0781.